The zero-order chi connectivity index (χ0) is 21.8. The number of nitrogens with zero attached hydrogens (tertiary/aromatic N) is 3. The van der Waals surface area contributed by atoms with Crippen molar-refractivity contribution < 1.29 is 19.8 Å². The molecule has 30 heavy (non-hydrogen) atoms. The first-order valence-electron chi connectivity index (χ1n) is 8.71. The van der Waals surface area contributed by atoms with Crippen LogP contribution in [0.1, 0.15) is 43.1 Å². The largest absolute Gasteiger partial charge is 0.478 e. The molecule has 0 aliphatic rings. The SMILES string of the molecule is Cc1ccc(-n2nc(C(=O)O)c(/C=C\c3ccc(C(=O)O)cc3)c(C#N)c2=O)cc1. The van der Waals surface area contributed by atoms with Crippen molar-refractivity contribution in [2.24, 2.45) is 0 Å². The van der Waals surface area contributed by atoms with Gasteiger partial charge in [-0.05, 0) is 36.8 Å². The Balaban J connectivity index is 2.14. The number of carboxylic acids is 2. The van der Waals surface area contributed by atoms with Crippen LogP contribution in [0, 0.1) is 18.3 Å². The number of rotatable bonds is 5. The van der Waals surface area contributed by atoms with Gasteiger partial charge < -0.3 is 10.2 Å². The van der Waals surface area contributed by atoms with Crippen molar-refractivity contribution >= 4 is 24.1 Å². The lowest BCUT2D eigenvalue weighted by atomic mass is 10.1. The number of aryl methyl sites for hydroxylation is 1. The van der Waals surface area contributed by atoms with Gasteiger partial charge in [-0.3, -0.25) is 4.79 Å². The molecule has 0 aliphatic carbocycles. The minimum absolute atomic E-state index is 0.0958. The van der Waals surface area contributed by atoms with Gasteiger partial charge in [-0.1, -0.05) is 42.0 Å². The van der Waals surface area contributed by atoms with Crippen LogP contribution in [-0.2, 0) is 0 Å². The first-order valence-corrected chi connectivity index (χ1v) is 8.71. The van der Waals surface area contributed by atoms with Crippen LogP contribution in [0.25, 0.3) is 17.8 Å². The second-order valence-electron chi connectivity index (χ2n) is 6.37. The van der Waals surface area contributed by atoms with Crippen LogP contribution in [0.5, 0.6) is 0 Å². The Hall–Kier alpha value is -4.51. The van der Waals surface area contributed by atoms with E-state index >= 15 is 0 Å². The number of carbonyl (C=O) groups is 2. The summed E-state index contributed by atoms with van der Waals surface area (Å²) < 4.78 is 0.889. The molecule has 3 aromatic rings. The highest BCUT2D eigenvalue weighted by atomic mass is 16.4. The molecule has 0 saturated carbocycles. The summed E-state index contributed by atoms with van der Waals surface area (Å²) in [7, 11) is 0. The number of hydrogen-bond donors (Lipinski definition) is 2. The third-order valence-electron chi connectivity index (χ3n) is 4.32. The van der Waals surface area contributed by atoms with Crippen molar-refractivity contribution in [3.05, 3.63) is 92.4 Å². The Kier molecular flexibility index (Phi) is 5.56. The lowest BCUT2D eigenvalue weighted by Crippen LogP contribution is -2.28. The van der Waals surface area contributed by atoms with Gasteiger partial charge in [0.25, 0.3) is 5.56 Å². The van der Waals surface area contributed by atoms with Gasteiger partial charge in [-0.25, -0.2) is 9.59 Å². The summed E-state index contributed by atoms with van der Waals surface area (Å²) in [5.41, 5.74) is 0.254. The zero-order valence-corrected chi connectivity index (χ0v) is 15.7. The summed E-state index contributed by atoms with van der Waals surface area (Å²) >= 11 is 0. The topological polar surface area (TPSA) is 133 Å². The number of aromatic carboxylic acids is 2. The second kappa shape index (κ2) is 8.24. The van der Waals surface area contributed by atoms with E-state index in [1.807, 2.05) is 6.92 Å². The maximum absolute atomic E-state index is 12.8. The average Bonchev–Trinajstić information content (AvgIpc) is 2.73. The predicted octanol–water partition coefficient (Wildman–Crippen LogP) is 2.98. The van der Waals surface area contributed by atoms with Crippen LogP contribution >= 0.6 is 0 Å². The Morgan fingerprint density at radius 1 is 1.00 bits per heavy atom. The number of aromatic nitrogens is 2. The van der Waals surface area contributed by atoms with Crippen LogP contribution in [-0.4, -0.2) is 31.9 Å². The van der Waals surface area contributed by atoms with E-state index in [9.17, 15) is 24.8 Å². The number of benzene rings is 2. The fourth-order valence-corrected chi connectivity index (χ4v) is 2.74. The van der Waals surface area contributed by atoms with E-state index in [0.29, 0.717) is 11.3 Å². The van der Waals surface area contributed by atoms with Gasteiger partial charge in [0.1, 0.15) is 11.6 Å². The quantitative estimate of drug-likeness (QED) is 0.671. The van der Waals surface area contributed by atoms with Gasteiger partial charge in [-0.15, -0.1) is 0 Å². The van der Waals surface area contributed by atoms with Crippen LogP contribution < -0.4 is 5.56 Å². The van der Waals surface area contributed by atoms with Crippen LogP contribution in [0.2, 0.25) is 0 Å². The fraction of sp³-hybridized carbons (Fsp3) is 0.0455. The van der Waals surface area contributed by atoms with Crippen LogP contribution in [0.3, 0.4) is 0 Å². The van der Waals surface area contributed by atoms with Gasteiger partial charge in [-0.2, -0.15) is 15.0 Å². The van der Waals surface area contributed by atoms with E-state index < -0.39 is 23.2 Å². The Morgan fingerprint density at radius 2 is 1.63 bits per heavy atom. The lowest BCUT2D eigenvalue weighted by Gasteiger charge is -2.10. The third-order valence-corrected chi connectivity index (χ3v) is 4.32. The summed E-state index contributed by atoms with van der Waals surface area (Å²) in [5, 5.41) is 32.0. The van der Waals surface area contributed by atoms with E-state index in [1.165, 1.54) is 36.4 Å². The van der Waals surface area contributed by atoms with Crippen molar-refractivity contribution in [2.75, 3.05) is 0 Å². The molecular formula is C22H15N3O5. The van der Waals surface area contributed by atoms with Crippen molar-refractivity contribution in [3.8, 4) is 11.8 Å². The first kappa shape index (κ1) is 20.2. The molecule has 0 unspecified atom stereocenters. The zero-order valence-electron chi connectivity index (χ0n) is 15.7. The van der Waals surface area contributed by atoms with E-state index in [-0.39, 0.29) is 16.7 Å². The summed E-state index contributed by atoms with van der Waals surface area (Å²) in [6, 6.07) is 14.3. The standard InChI is InChI=1S/C22H15N3O5/c1-13-2-9-16(10-3-13)25-20(26)18(12-23)17(19(24-25)22(29)30)11-6-14-4-7-15(8-5-14)21(27)28/h2-11H,1H3,(H,27,28)(H,29,30)/b11-6-. The molecule has 1 heterocycles. The summed E-state index contributed by atoms with van der Waals surface area (Å²) in [6.07, 6.45) is 2.79. The smallest absolute Gasteiger partial charge is 0.357 e. The van der Waals surface area contributed by atoms with E-state index in [1.54, 1.807) is 30.3 Å². The van der Waals surface area contributed by atoms with Crippen molar-refractivity contribution in [3.63, 3.8) is 0 Å². The number of nitriles is 1. The number of hydrogen-bond acceptors (Lipinski definition) is 5. The maximum atomic E-state index is 12.8. The average molecular weight is 401 g/mol. The molecule has 3 rings (SSSR count). The molecule has 0 saturated heterocycles. The van der Waals surface area contributed by atoms with Crippen LogP contribution in [0.4, 0.5) is 0 Å². The van der Waals surface area contributed by atoms with Gasteiger partial charge in [0, 0.05) is 5.56 Å². The molecular weight excluding hydrogens is 386 g/mol. The molecule has 8 nitrogen and oxygen atoms in total. The van der Waals surface area contributed by atoms with Gasteiger partial charge in [0.05, 0.1) is 11.3 Å². The summed E-state index contributed by atoms with van der Waals surface area (Å²) in [6.45, 7) is 1.86. The molecule has 8 heteroatoms. The summed E-state index contributed by atoms with van der Waals surface area (Å²) in [5.74, 6) is -2.47. The monoisotopic (exact) mass is 401 g/mol. The normalized spacial score (nSPS) is 10.7. The van der Waals surface area contributed by atoms with E-state index in [0.717, 1.165) is 10.2 Å². The molecule has 2 aromatic carbocycles. The predicted molar refractivity (Wildman–Crippen MR) is 109 cm³/mol. The minimum atomic E-state index is -1.40. The molecule has 0 bridgehead atoms. The summed E-state index contributed by atoms with van der Waals surface area (Å²) in [4.78, 5) is 35.5. The first-order chi connectivity index (χ1) is 14.3. The molecule has 0 amide bonds. The van der Waals surface area contributed by atoms with Crippen molar-refractivity contribution in [1.82, 2.24) is 9.78 Å². The maximum Gasteiger partial charge on any atom is 0.357 e. The molecule has 148 valence electrons. The highest BCUT2D eigenvalue weighted by Gasteiger charge is 2.21. The minimum Gasteiger partial charge on any atom is -0.478 e. The van der Waals surface area contributed by atoms with Crippen molar-refractivity contribution in [2.45, 2.75) is 6.92 Å². The Labute approximate surface area is 170 Å². The molecule has 0 radical (unpaired) electrons. The Bertz CT molecular complexity index is 1260. The van der Waals surface area contributed by atoms with Gasteiger partial charge in [0.2, 0.25) is 0 Å². The fourth-order valence-electron chi connectivity index (χ4n) is 2.74. The molecule has 0 fully saturated rings. The van der Waals surface area contributed by atoms with Gasteiger partial charge in [0.15, 0.2) is 5.69 Å². The molecule has 1 aromatic heterocycles. The van der Waals surface area contributed by atoms with Crippen molar-refractivity contribution in [1.29, 1.82) is 5.26 Å². The van der Waals surface area contributed by atoms with E-state index in [4.69, 9.17) is 5.11 Å². The lowest BCUT2D eigenvalue weighted by molar-refractivity contribution is 0.0680. The number of carboxylic acid groups (broad SMARTS) is 2. The highest BCUT2D eigenvalue weighted by molar-refractivity contribution is 5.93. The molecule has 0 spiro atoms. The highest BCUT2D eigenvalue weighted by Crippen LogP contribution is 2.16. The Morgan fingerprint density at radius 3 is 2.17 bits per heavy atom. The molecule has 2 N–H and O–H groups in total. The molecule has 0 atom stereocenters. The third kappa shape index (κ3) is 4.00. The second-order valence-corrected chi connectivity index (χ2v) is 6.37. The van der Waals surface area contributed by atoms with E-state index in [2.05, 4.69) is 5.10 Å². The molecule has 0 aliphatic heterocycles. The van der Waals surface area contributed by atoms with Gasteiger partial charge >= 0.3 is 11.9 Å². The van der Waals surface area contributed by atoms with Crippen LogP contribution in [0.15, 0.2) is 53.3 Å².